The van der Waals surface area contributed by atoms with Gasteiger partial charge in [0.15, 0.2) is 0 Å². The molecule has 0 bridgehead atoms. The van der Waals surface area contributed by atoms with Crippen LogP contribution in [0.5, 0.6) is 0 Å². The first kappa shape index (κ1) is 22.4. The molecule has 0 aromatic carbocycles. The molecule has 0 aliphatic heterocycles. The van der Waals surface area contributed by atoms with E-state index in [9.17, 15) is 9.59 Å². The summed E-state index contributed by atoms with van der Waals surface area (Å²) in [5.41, 5.74) is 0. The summed E-state index contributed by atoms with van der Waals surface area (Å²) >= 11 is 20.6. The molecule has 0 aromatic rings. The summed E-state index contributed by atoms with van der Waals surface area (Å²) < 4.78 is 0. The number of aliphatic carboxylic acids is 2. The minimum absolute atomic E-state index is 0. The molecule has 94 valence electrons. The number of carbonyl (C=O) groups is 2. The minimum atomic E-state index is -1.20. The summed E-state index contributed by atoms with van der Waals surface area (Å²) in [5.74, 6) is -2.39. The molecule has 2 N–H and O–H groups in total. The van der Waals surface area contributed by atoms with Gasteiger partial charge < -0.3 is 10.2 Å². The first-order chi connectivity index (χ1) is 7.11. The fourth-order valence-electron chi connectivity index (χ4n) is 0.295. The molecule has 0 unspecified atom stereocenters. The van der Waals surface area contributed by atoms with E-state index in [2.05, 4.69) is 0 Å². The van der Waals surface area contributed by atoms with Crippen molar-refractivity contribution in [2.75, 3.05) is 0 Å². The molecule has 0 heterocycles. The molecule has 0 radical (unpaired) electrons. The average molecular weight is 375 g/mol. The fraction of sp³-hybridized carbons (Fsp3) is 0.250. The van der Waals surface area contributed by atoms with Crippen molar-refractivity contribution in [3.8, 4) is 0 Å². The van der Waals surface area contributed by atoms with Gasteiger partial charge in [-0.05, 0) is 13.8 Å². The molecule has 0 fully saturated rings. The van der Waals surface area contributed by atoms with E-state index < -0.39 is 11.9 Å². The Bertz CT molecular complexity index is 309. The third-order valence-electron chi connectivity index (χ3n) is 0.980. The van der Waals surface area contributed by atoms with E-state index in [1.807, 2.05) is 0 Å². The minimum Gasteiger partial charge on any atom is -0.477 e. The van der Waals surface area contributed by atoms with Crippen LogP contribution < -0.4 is 0 Å². The van der Waals surface area contributed by atoms with E-state index in [0.717, 1.165) is 0 Å². The molecule has 0 aromatic heterocycles. The zero-order chi connectivity index (χ0) is 13.5. The van der Waals surface area contributed by atoms with Crippen LogP contribution in [0.3, 0.4) is 0 Å². The maximum atomic E-state index is 9.87. The number of hydrogen-bond acceptors (Lipinski definition) is 2. The van der Waals surface area contributed by atoms with E-state index >= 15 is 0 Å². The third kappa shape index (κ3) is 12.5. The van der Waals surface area contributed by atoms with Crippen LogP contribution in [0.4, 0.5) is 0 Å². The molecular formula is C8H8Cl4O4Zn. The Morgan fingerprint density at radius 1 is 0.765 bits per heavy atom. The zero-order valence-corrected chi connectivity index (χ0v) is 14.9. The summed E-state index contributed by atoms with van der Waals surface area (Å²) in [6, 6.07) is 0. The molecular weight excluding hydrogens is 367 g/mol. The van der Waals surface area contributed by atoms with Crippen LogP contribution >= 0.6 is 46.4 Å². The van der Waals surface area contributed by atoms with Crippen molar-refractivity contribution < 1.29 is 39.3 Å². The smallest absolute Gasteiger partial charge is 0.348 e. The van der Waals surface area contributed by atoms with Crippen molar-refractivity contribution in [3.05, 3.63) is 20.1 Å². The van der Waals surface area contributed by atoms with Crippen LogP contribution in [0.15, 0.2) is 20.1 Å². The maximum absolute atomic E-state index is 9.87. The summed E-state index contributed by atoms with van der Waals surface area (Å²) in [4.78, 5) is 19.7. The normalized spacial score (nSPS) is 12.1. The van der Waals surface area contributed by atoms with Crippen LogP contribution in [-0.2, 0) is 29.1 Å². The summed E-state index contributed by atoms with van der Waals surface area (Å²) in [7, 11) is 0. The molecule has 0 spiro atoms. The SMILES string of the molecule is C/C(Cl)=C(\Cl)C(=O)O.C/C(Cl)=C(\Cl)C(=O)O.[Zn]. The Labute approximate surface area is 131 Å². The van der Waals surface area contributed by atoms with Crippen LogP contribution in [0.1, 0.15) is 13.8 Å². The van der Waals surface area contributed by atoms with Crippen molar-refractivity contribution in [1.29, 1.82) is 0 Å². The molecule has 0 amide bonds. The number of carboxylic acid groups (broad SMARTS) is 2. The van der Waals surface area contributed by atoms with E-state index in [4.69, 9.17) is 56.6 Å². The molecule has 0 rings (SSSR count). The van der Waals surface area contributed by atoms with Crippen LogP contribution in [-0.4, -0.2) is 22.2 Å². The first-order valence-electron chi connectivity index (χ1n) is 3.61. The summed E-state index contributed by atoms with van der Waals surface area (Å²) in [5, 5.41) is 15.7. The zero-order valence-electron chi connectivity index (χ0n) is 8.93. The second kappa shape index (κ2) is 11.3. The second-order valence-electron chi connectivity index (χ2n) is 2.31. The van der Waals surface area contributed by atoms with Gasteiger partial charge in [-0.1, -0.05) is 46.4 Å². The number of halogens is 4. The summed E-state index contributed by atoms with van der Waals surface area (Å²) in [6.07, 6.45) is 0. The van der Waals surface area contributed by atoms with Crippen LogP contribution in [0.25, 0.3) is 0 Å². The van der Waals surface area contributed by atoms with Gasteiger partial charge in [0.1, 0.15) is 10.1 Å². The monoisotopic (exact) mass is 372 g/mol. The van der Waals surface area contributed by atoms with Crippen molar-refractivity contribution in [3.63, 3.8) is 0 Å². The number of carboxylic acids is 2. The number of allylic oxidation sites excluding steroid dienone is 2. The molecule has 17 heavy (non-hydrogen) atoms. The van der Waals surface area contributed by atoms with Crippen LogP contribution in [0, 0.1) is 0 Å². The Hall–Kier alpha value is 0.203. The molecule has 0 saturated carbocycles. The molecule has 0 aliphatic rings. The predicted octanol–water partition coefficient (Wildman–Crippen LogP) is 3.56. The third-order valence-corrected chi connectivity index (χ3v) is 2.44. The van der Waals surface area contributed by atoms with Gasteiger partial charge in [0.2, 0.25) is 0 Å². The van der Waals surface area contributed by atoms with E-state index in [-0.39, 0.29) is 39.6 Å². The Kier molecular flexibility index (Phi) is 14.9. The molecule has 0 saturated heterocycles. The average Bonchev–Trinajstić information content (AvgIpc) is 2.15. The number of hydrogen-bond donors (Lipinski definition) is 2. The quantitative estimate of drug-likeness (QED) is 0.572. The second-order valence-corrected chi connectivity index (χ2v) is 4.20. The van der Waals surface area contributed by atoms with E-state index in [1.54, 1.807) is 0 Å². The van der Waals surface area contributed by atoms with E-state index in [1.165, 1.54) is 13.8 Å². The number of rotatable bonds is 2. The van der Waals surface area contributed by atoms with Gasteiger partial charge >= 0.3 is 11.9 Å². The summed E-state index contributed by atoms with van der Waals surface area (Å²) in [6.45, 7) is 2.83. The molecule has 4 nitrogen and oxygen atoms in total. The van der Waals surface area contributed by atoms with Gasteiger partial charge in [0.05, 0.1) is 0 Å². The van der Waals surface area contributed by atoms with Gasteiger partial charge in [0.25, 0.3) is 0 Å². The molecule has 0 atom stereocenters. The van der Waals surface area contributed by atoms with Gasteiger partial charge in [-0.3, -0.25) is 0 Å². The van der Waals surface area contributed by atoms with E-state index in [0.29, 0.717) is 0 Å². The molecule has 9 heteroatoms. The van der Waals surface area contributed by atoms with Gasteiger partial charge in [-0.15, -0.1) is 0 Å². The Morgan fingerprint density at radius 3 is 0.941 bits per heavy atom. The van der Waals surface area contributed by atoms with Gasteiger partial charge in [-0.25, -0.2) is 9.59 Å². The maximum Gasteiger partial charge on any atom is 0.348 e. The van der Waals surface area contributed by atoms with Crippen molar-refractivity contribution in [2.24, 2.45) is 0 Å². The fourth-order valence-corrected chi connectivity index (χ4v) is 0.456. The Morgan fingerprint density at radius 2 is 0.941 bits per heavy atom. The first-order valence-corrected chi connectivity index (χ1v) is 5.12. The van der Waals surface area contributed by atoms with Gasteiger partial charge in [0, 0.05) is 29.5 Å². The van der Waals surface area contributed by atoms with Crippen LogP contribution in [0.2, 0.25) is 0 Å². The van der Waals surface area contributed by atoms with Crippen molar-refractivity contribution >= 4 is 58.3 Å². The topological polar surface area (TPSA) is 74.6 Å². The van der Waals surface area contributed by atoms with Crippen molar-refractivity contribution in [2.45, 2.75) is 13.8 Å². The standard InChI is InChI=1S/2C4H4Cl2O2.Zn/c2*1-2(5)3(6)4(7)8;/h2*1H3,(H,7,8);/b2*3-2+;. The Balaban J connectivity index is -0.000000218. The largest absolute Gasteiger partial charge is 0.477 e. The molecule has 0 aliphatic carbocycles. The predicted molar refractivity (Wildman–Crippen MR) is 64.1 cm³/mol. The van der Waals surface area contributed by atoms with Crippen molar-refractivity contribution in [1.82, 2.24) is 0 Å². The van der Waals surface area contributed by atoms with Gasteiger partial charge in [-0.2, -0.15) is 0 Å².